The molecule has 0 aliphatic rings. The van der Waals surface area contributed by atoms with Gasteiger partial charge in [0, 0.05) is 13.8 Å². The van der Waals surface area contributed by atoms with E-state index < -0.39 is 0 Å². The van der Waals surface area contributed by atoms with Crippen LogP contribution in [0.5, 0.6) is 0 Å². The third-order valence-corrected chi connectivity index (χ3v) is 3.03. The molecule has 2 aromatic carbocycles. The number of allylic oxidation sites excluding steroid dienone is 2. The van der Waals surface area contributed by atoms with Crippen LogP contribution in [0.1, 0.15) is 25.0 Å². The number of hydrogen-bond donors (Lipinski definition) is 0. The fourth-order valence-electron chi connectivity index (χ4n) is 2.01. The highest BCUT2D eigenvalue weighted by atomic mass is 16.4. The van der Waals surface area contributed by atoms with Crippen molar-refractivity contribution in [2.45, 2.75) is 13.8 Å². The first-order valence-electron chi connectivity index (χ1n) is 7.45. The van der Waals surface area contributed by atoms with Crippen LogP contribution in [-0.4, -0.2) is 25.8 Å². The minimum absolute atomic E-state index is 0.635. The molecule has 0 N–H and O–H groups in total. The Hall–Kier alpha value is -2.48. The van der Waals surface area contributed by atoms with Gasteiger partial charge in [-0.2, -0.15) is 12.2 Å². The molecule has 2 aromatic rings. The van der Waals surface area contributed by atoms with Crippen LogP contribution in [0.25, 0.3) is 22.9 Å². The third kappa shape index (κ3) is 4.81. The molecule has 0 aliphatic heterocycles. The molecule has 0 unspecified atom stereocenters. The van der Waals surface area contributed by atoms with E-state index >= 15 is 0 Å². The van der Waals surface area contributed by atoms with Crippen LogP contribution in [0.4, 0.5) is 0 Å². The van der Waals surface area contributed by atoms with Gasteiger partial charge in [-0.05, 0) is 10.8 Å². The van der Waals surface area contributed by atoms with Gasteiger partial charge in [0.2, 0.25) is 25.8 Å². The largest absolute Gasteiger partial charge is 0.353 e. The van der Waals surface area contributed by atoms with Crippen molar-refractivity contribution in [3.63, 3.8) is 0 Å². The first-order chi connectivity index (χ1) is 10.8. The lowest BCUT2D eigenvalue weighted by Crippen LogP contribution is -1.80. The summed E-state index contributed by atoms with van der Waals surface area (Å²) in [6.45, 7) is 5.15. The Morgan fingerprint density at radius 3 is 1.64 bits per heavy atom. The van der Waals surface area contributed by atoms with Crippen LogP contribution in [0.3, 0.4) is 0 Å². The van der Waals surface area contributed by atoms with E-state index in [0.717, 1.165) is 11.1 Å². The fourth-order valence-corrected chi connectivity index (χ4v) is 2.01. The monoisotopic (exact) mass is 292 g/mol. The van der Waals surface area contributed by atoms with Gasteiger partial charge < -0.3 is 8.85 Å². The van der Waals surface area contributed by atoms with Crippen molar-refractivity contribution >= 4 is 35.5 Å². The van der Waals surface area contributed by atoms with E-state index in [4.69, 9.17) is 8.85 Å². The third-order valence-electron chi connectivity index (χ3n) is 3.03. The highest BCUT2D eigenvalue weighted by Crippen LogP contribution is 2.19. The Morgan fingerprint density at radius 1 is 0.773 bits per heavy atom. The molecule has 2 rings (SSSR count). The molecular weight excluding hydrogens is 272 g/mol. The summed E-state index contributed by atoms with van der Waals surface area (Å²) in [7, 11) is 0. The molecule has 0 aromatic heterocycles. The highest BCUT2D eigenvalue weighted by molar-refractivity contribution is 5.88. The van der Waals surface area contributed by atoms with Gasteiger partial charge in [-0.3, -0.25) is 0 Å². The molecule has 0 aliphatic carbocycles. The van der Waals surface area contributed by atoms with Crippen molar-refractivity contribution < 1.29 is 8.85 Å². The van der Waals surface area contributed by atoms with Crippen molar-refractivity contribution in [1.29, 1.82) is 0 Å². The Bertz CT molecular complexity index is 658. The molecular formula is C20H20O2. The Labute approximate surface area is 131 Å². The number of fused-ring (bicyclic) bond motifs is 1. The van der Waals surface area contributed by atoms with Crippen molar-refractivity contribution in [2.75, 3.05) is 13.2 Å². The number of carbonyl (C=O) groups excluding carboxylic acids is 2. The Morgan fingerprint density at radius 2 is 1.23 bits per heavy atom. The van der Waals surface area contributed by atoms with Gasteiger partial charge in [-0.15, -0.1) is 23.3 Å². The van der Waals surface area contributed by atoms with Crippen LogP contribution >= 0.6 is 0 Å². The molecule has 0 radical (unpaired) electrons. The Balaban J connectivity index is 2.18. The van der Waals surface area contributed by atoms with E-state index in [0.29, 0.717) is 13.2 Å². The van der Waals surface area contributed by atoms with Crippen molar-refractivity contribution in [2.24, 2.45) is 0 Å². The first-order valence-corrected chi connectivity index (χ1v) is 7.45. The van der Waals surface area contributed by atoms with E-state index in [1.165, 1.54) is 10.8 Å². The first kappa shape index (κ1) is 15.9. The fraction of sp³-hybridized carbons (Fsp3) is 0.200. The molecule has 0 amide bonds. The second kappa shape index (κ2) is 8.73. The summed E-state index contributed by atoms with van der Waals surface area (Å²) in [6, 6.07) is 12.7. The molecule has 0 atom stereocenters. The SMILES string of the molecule is CC[O+]=[C-]/C=C/c1ccc2cc(/C=C/[C-]=[O+]CC)ccc2c1. The predicted molar refractivity (Wildman–Crippen MR) is 94.5 cm³/mol. The maximum Gasteiger partial charge on any atom is 0.236 e. The standard InChI is InChI=1S/C20H20O2/c1-3-21-13-5-7-17-9-11-20-16-18(8-6-14-22-4-2)10-12-19(20)15-17/h5-12,15-16H,3-4H2,1-2H3/b7-5+,8-6+. The highest BCUT2D eigenvalue weighted by Gasteiger charge is 1.92. The summed E-state index contributed by atoms with van der Waals surface area (Å²) in [5.74, 6) is 0. The normalized spacial score (nSPS) is 12.6. The maximum absolute atomic E-state index is 5.05. The number of benzene rings is 2. The molecule has 2 nitrogen and oxygen atoms in total. The minimum atomic E-state index is 0.635. The van der Waals surface area contributed by atoms with Gasteiger partial charge in [-0.25, -0.2) is 0 Å². The average Bonchev–Trinajstić information content (AvgIpc) is 2.55. The van der Waals surface area contributed by atoms with E-state index in [1.807, 2.05) is 26.0 Å². The summed E-state index contributed by atoms with van der Waals surface area (Å²) < 4.78 is 10.1. The summed E-state index contributed by atoms with van der Waals surface area (Å²) in [5.41, 5.74) is 2.25. The van der Waals surface area contributed by atoms with Gasteiger partial charge in [0.05, 0.1) is 0 Å². The van der Waals surface area contributed by atoms with Crippen LogP contribution in [0.2, 0.25) is 0 Å². The van der Waals surface area contributed by atoms with Crippen molar-refractivity contribution in [3.8, 4) is 0 Å². The van der Waals surface area contributed by atoms with Gasteiger partial charge in [-0.1, -0.05) is 36.4 Å². The lowest BCUT2D eigenvalue weighted by molar-refractivity contribution is 0.124. The minimum Gasteiger partial charge on any atom is -0.353 e. The number of hydrogen-bond acceptors (Lipinski definition) is 0. The van der Waals surface area contributed by atoms with E-state index in [9.17, 15) is 0 Å². The summed E-state index contributed by atoms with van der Waals surface area (Å²) in [6.07, 6.45) is 13.1. The molecule has 0 saturated heterocycles. The van der Waals surface area contributed by atoms with Gasteiger partial charge in [0.1, 0.15) is 0 Å². The zero-order valence-corrected chi connectivity index (χ0v) is 13.0. The van der Waals surface area contributed by atoms with Crippen LogP contribution in [-0.2, 0) is 8.85 Å². The van der Waals surface area contributed by atoms with Crippen molar-refractivity contribution in [1.82, 2.24) is 0 Å². The summed E-state index contributed by atoms with van der Waals surface area (Å²) >= 11 is 0. The molecule has 0 heterocycles. The molecule has 2 heteroatoms. The zero-order chi connectivity index (χ0) is 15.6. The van der Waals surface area contributed by atoms with Gasteiger partial charge in [0.15, 0.2) is 0 Å². The molecule has 0 bridgehead atoms. The quantitative estimate of drug-likeness (QED) is 0.433. The van der Waals surface area contributed by atoms with Gasteiger partial charge in [0.25, 0.3) is 0 Å². The van der Waals surface area contributed by atoms with Crippen molar-refractivity contribution in [3.05, 3.63) is 59.7 Å². The van der Waals surface area contributed by atoms with Gasteiger partial charge >= 0.3 is 0 Å². The molecule has 22 heavy (non-hydrogen) atoms. The second-order valence-corrected chi connectivity index (χ2v) is 4.63. The lowest BCUT2D eigenvalue weighted by Gasteiger charge is -2.05. The van der Waals surface area contributed by atoms with Crippen LogP contribution < -0.4 is 0 Å². The molecule has 0 fully saturated rings. The summed E-state index contributed by atoms with van der Waals surface area (Å²) in [4.78, 5) is 0. The van der Waals surface area contributed by atoms with E-state index in [1.54, 1.807) is 12.2 Å². The summed E-state index contributed by atoms with van der Waals surface area (Å²) in [5, 5.41) is 2.40. The lowest BCUT2D eigenvalue weighted by atomic mass is 10.0. The van der Waals surface area contributed by atoms with E-state index in [-0.39, 0.29) is 0 Å². The zero-order valence-electron chi connectivity index (χ0n) is 13.0. The molecule has 112 valence electrons. The van der Waals surface area contributed by atoms with Crippen LogP contribution in [0, 0.1) is 0 Å². The predicted octanol–water partition coefficient (Wildman–Crippen LogP) is 4.20. The molecule has 0 saturated carbocycles. The Kier molecular flexibility index (Phi) is 6.31. The topological polar surface area (TPSA) is 22.6 Å². The second-order valence-electron chi connectivity index (χ2n) is 4.63. The maximum atomic E-state index is 5.05. The average molecular weight is 292 g/mol. The smallest absolute Gasteiger partial charge is 0.236 e. The number of rotatable bonds is 6. The van der Waals surface area contributed by atoms with E-state index in [2.05, 4.69) is 49.0 Å². The van der Waals surface area contributed by atoms with Crippen LogP contribution in [0.15, 0.2) is 48.6 Å². The molecule has 0 spiro atoms.